The lowest BCUT2D eigenvalue weighted by Crippen LogP contribution is -2.12. The minimum absolute atomic E-state index is 0.00866. The number of anilines is 1. The molecular formula is C6H9N3O2S. The molecule has 0 saturated carbocycles. The highest BCUT2D eigenvalue weighted by Crippen LogP contribution is 2.10. The Morgan fingerprint density at radius 2 is 2.17 bits per heavy atom. The van der Waals surface area contributed by atoms with E-state index in [-0.39, 0.29) is 4.90 Å². The summed E-state index contributed by atoms with van der Waals surface area (Å²) >= 11 is 0. The van der Waals surface area contributed by atoms with Crippen molar-refractivity contribution in [1.29, 1.82) is 0 Å². The first-order chi connectivity index (χ1) is 5.54. The number of hydrogen-bond acceptors (Lipinski definition) is 4. The van der Waals surface area contributed by atoms with Gasteiger partial charge in [-0.15, -0.1) is 0 Å². The van der Waals surface area contributed by atoms with Crippen molar-refractivity contribution in [3.05, 3.63) is 18.5 Å². The van der Waals surface area contributed by atoms with Gasteiger partial charge in [-0.2, -0.15) is 0 Å². The average molecular weight is 187 g/mol. The van der Waals surface area contributed by atoms with E-state index in [9.17, 15) is 8.42 Å². The molecule has 0 spiro atoms. The number of nitrogens with one attached hydrogen (secondary N) is 1. The summed E-state index contributed by atoms with van der Waals surface area (Å²) in [6, 6.07) is 1.42. The fourth-order valence-corrected chi connectivity index (χ4v) is 1.21. The Morgan fingerprint density at radius 1 is 1.50 bits per heavy atom. The van der Waals surface area contributed by atoms with Gasteiger partial charge in [0.25, 0.3) is 0 Å². The lowest BCUT2D eigenvalue weighted by molar-refractivity contribution is 0.597. The van der Waals surface area contributed by atoms with Crippen LogP contribution in [-0.2, 0) is 10.0 Å². The molecule has 0 aliphatic rings. The molecule has 1 aromatic rings. The Bertz CT molecular complexity index is 374. The van der Waals surface area contributed by atoms with Crippen LogP contribution < -0.4 is 10.5 Å². The molecule has 0 aliphatic carbocycles. The fourth-order valence-electron chi connectivity index (χ4n) is 0.711. The average Bonchev–Trinajstić information content (AvgIpc) is 2.03. The van der Waals surface area contributed by atoms with Crippen molar-refractivity contribution in [2.24, 2.45) is 5.14 Å². The van der Waals surface area contributed by atoms with Gasteiger partial charge in [0.2, 0.25) is 10.0 Å². The van der Waals surface area contributed by atoms with E-state index in [2.05, 4.69) is 10.3 Å². The maximum atomic E-state index is 10.8. The van der Waals surface area contributed by atoms with Crippen LogP contribution in [0.3, 0.4) is 0 Å². The van der Waals surface area contributed by atoms with Crippen LogP contribution in [0.1, 0.15) is 0 Å². The Hall–Kier alpha value is -1.14. The summed E-state index contributed by atoms with van der Waals surface area (Å²) < 4.78 is 21.6. The molecular weight excluding hydrogens is 178 g/mol. The Morgan fingerprint density at radius 3 is 2.67 bits per heavy atom. The lowest BCUT2D eigenvalue weighted by atomic mass is 10.4. The van der Waals surface area contributed by atoms with Crippen molar-refractivity contribution in [3.63, 3.8) is 0 Å². The molecule has 0 bridgehead atoms. The summed E-state index contributed by atoms with van der Waals surface area (Å²) in [6.07, 6.45) is 2.71. The lowest BCUT2D eigenvalue weighted by Gasteiger charge is -2.00. The molecule has 1 aromatic heterocycles. The highest BCUT2D eigenvalue weighted by atomic mass is 32.2. The van der Waals surface area contributed by atoms with Crippen LogP contribution in [0.15, 0.2) is 23.4 Å². The predicted octanol–water partition coefficient (Wildman–Crippen LogP) is -0.229. The van der Waals surface area contributed by atoms with E-state index >= 15 is 0 Å². The van der Waals surface area contributed by atoms with Gasteiger partial charge >= 0.3 is 0 Å². The van der Waals surface area contributed by atoms with E-state index in [0.29, 0.717) is 5.69 Å². The summed E-state index contributed by atoms with van der Waals surface area (Å²) in [6.45, 7) is 0. The summed E-state index contributed by atoms with van der Waals surface area (Å²) in [5, 5.41) is 7.64. The van der Waals surface area contributed by atoms with Crippen molar-refractivity contribution in [3.8, 4) is 0 Å². The molecule has 0 unspecified atom stereocenters. The van der Waals surface area contributed by atoms with E-state index < -0.39 is 10.0 Å². The van der Waals surface area contributed by atoms with Gasteiger partial charge in [0.15, 0.2) is 0 Å². The largest absolute Gasteiger partial charge is 0.387 e. The highest BCUT2D eigenvalue weighted by Gasteiger charge is 2.07. The molecule has 12 heavy (non-hydrogen) atoms. The standard InChI is InChI=1S/C6H9N3O2S/c1-8-5-2-6(4-9-3-5)12(7,10)11/h2-4,8H,1H3,(H2,7,10,11). The molecule has 3 N–H and O–H groups in total. The molecule has 6 heteroatoms. The molecule has 0 atom stereocenters. The van der Waals surface area contributed by atoms with Crippen LogP contribution in [0, 0.1) is 0 Å². The Kier molecular flexibility index (Phi) is 2.30. The number of rotatable bonds is 2. The minimum Gasteiger partial charge on any atom is -0.387 e. The first-order valence-corrected chi connectivity index (χ1v) is 4.74. The van der Waals surface area contributed by atoms with Crippen molar-refractivity contribution in [2.75, 3.05) is 12.4 Å². The Labute approximate surface area is 70.7 Å². The maximum Gasteiger partial charge on any atom is 0.239 e. The first-order valence-electron chi connectivity index (χ1n) is 3.19. The summed E-state index contributed by atoms with van der Waals surface area (Å²) in [4.78, 5) is 3.71. The van der Waals surface area contributed by atoms with Gasteiger partial charge in [0, 0.05) is 13.2 Å². The van der Waals surface area contributed by atoms with E-state index in [1.165, 1.54) is 18.5 Å². The second-order valence-electron chi connectivity index (χ2n) is 2.20. The molecule has 5 nitrogen and oxygen atoms in total. The maximum absolute atomic E-state index is 10.8. The van der Waals surface area contributed by atoms with Crippen LogP contribution in [0.2, 0.25) is 0 Å². The van der Waals surface area contributed by atoms with Gasteiger partial charge < -0.3 is 5.32 Å². The normalized spacial score (nSPS) is 11.2. The number of primary sulfonamides is 1. The van der Waals surface area contributed by atoms with Crippen molar-refractivity contribution >= 4 is 15.7 Å². The molecule has 66 valence electrons. The zero-order chi connectivity index (χ0) is 9.19. The van der Waals surface area contributed by atoms with E-state index in [1.807, 2.05) is 0 Å². The van der Waals surface area contributed by atoms with Crippen LogP contribution >= 0.6 is 0 Å². The molecule has 1 heterocycles. The van der Waals surface area contributed by atoms with Crippen LogP contribution in [-0.4, -0.2) is 20.4 Å². The van der Waals surface area contributed by atoms with Gasteiger partial charge in [-0.1, -0.05) is 0 Å². The van der Waals surface area contributed by atoms with E-state index in [1.54, 1.807) is 7.05 Å². The topological polar surface area (TPSA) is 85.1 Å². The Balaban J connectivity index is 3.20. The summed E-state index contributed by atoms with van der Waals surface area (Å²) in [5.74, 6) is 0. The predicted molar refractivity (Wildman–Crippen MR) is 45.2 cm³/mol. The van der Waals surface area contributed by atoms with Gasteiger partial charge in [-0.05, 0) is 6.07 Å². The van der Waals surface area contributed by atoms with Gasteiger partial charge in [-0.25, -0.2) is 13.6 Å². The smallest absolute Gasteiger partial charge is 0.239 e. The van der Waals surface area contributed by atoms with Crippen LogP contribution in [0.5, 0.6) is 0 Å². The highest BCUT2D eigenvalue weighted by molar-refractivity contribution is 7.89. The van der Waals surface area contributed by atoms with Gasteiger partial charge in [0.1, 0.15) is 4.90 Å². The summed E-state index contributed by atoms with van der Waals surface area (Å²) in [5.41, 5.74) is 0.613. The number of sulfonamides is 1. The van der Waals surface area contributed by atoms with Crippen molar-refractivity contribution in [2.45, 2.75) is 4.90 Å². The number of aromatic nitrogens is 1. The molecule has 0 radical (unpaired) electrons. The van der Waals surface area contributed by atoms with Crippen molar-refractivity contribution in [1.82, 2.24) is 4.98 Å². The summed E-state index contributed by atoms with van der Waals surface area (Å²) in [7, 11) is -1.97. The fraction of sp³-hybridized carbons (Fsp3) is 0.167. The molecule has 0 aliphatic heterocycles. The zero-order valence-electron chi connectivity index (χ0n) is 6.48. The first kappa shape index (κ1) is 8.95. The molecule has 0 aromatic carbocycles. The third-order valence-electron chi connectivity index (χ3n) is 1.33. The molecule has 0 amide bonds. The molecule has 1 rings (SSSR count). The third-order valence-corrected chi connectivity index (χ3v) is 2.21. The van der Waals surface area contributed by atoms with E-state index in [0.717, 1.165) is 0 Å². The zero-order valence-corrected chi connectivity index (χ0v) is 7.30. The number of nitrogens with zero attached hydrogens (tertiary/aromatic N) is 1. The second-order valence-corrected chi connectivity index (χ2v) is 3.77. The van der Waals surface area contributed by atoms with Crippen molar-refractivity contribution < 1.29 is 8.42 Å². The number of pyridine rings is 1. The SMILES string of the molecule is CNc1cncc(S(N)(=O)=O)c1. The minimum atomic E-state index is -3.64. The molecule has 0 saturated heterocycles. The number of nitrogens with two attached hydrogens (primary N) is 1. The van der Waals surface area contributed by atoms with E-state index in [4.69, 9.17) is 5.14 Å². The van der Waals surface area contributed by atoms with Gasteiger partial charge in [0.05, 0.1) is 11.9 Å². The van der Waals surface area contributed by atoms with Crippen LogP contribution in [0.25, 0.3) is 0 Å². The third kappa shape index (κ3) is 1.93. The molecule has 0 fully saturated rings. The number of hydrogen-bond donors (Lipinski definition) is 2. The monoisotopic (exact) mass is 187 g/mol. The van der Waals surface area contributed by atoms with Gasteiger partial charge in [-0.3, -0.25) is 4.98 Å². The van der Waals surface area contributed by atoms with Crippen LogP contribution in [0.4, 0.5) is 5.69 Å². The quantitative estimate of drug-likeness (QED) is 0.669. The second kappa shape index (κ2) is 3.08.